The van der Waals surface area contributed by atoms with Crippen LogP contribution in [0, 0.1) is 5.92 Å². The van der Waals surface area contributed by atoms with Gasteiger partial charge in [-0.1, -0.05) is 13.8 Å². The molecule has 0 aromatic rings. The maximum absolute atomic E-state index is 13.0. The van der Waals surface area contributed by atoms with E-state index in [1.807, 2.05) is 0 Å². The molecule has 24 heteroatoms. The van der Waals surface area contributed by atoms with E-state index in [1.54, 1.807) is 28.5 Å². The van der Waals surface area contributed by atoms with Gasteiger partial charge in [0.2, 0.25) is 29.5 Å². The van der Waals surface area contributed by atoms with Gasteiger partial charge in [-0.3, -0.25) is 53.1 Å². The van der Waals surface area contributed by atoms with E-state index in [-0.39, 0.29) is 59.0 Å². The summed E-state index contributed by atoms with van der Waals surface area (Å²) in [6.07, 6.45) is 1.00. The molecule has 3 fully saturated rings. The number of hydrogen-bond donors (Lipinski definition) is 8. The second-order valence-corrected chi connectivity index (χ2v) is 14.0. The van der Waals surface area contributed by atoms with Gasteiger partial charge < -0.3 is 61.5 Å². The first kappa shape index (κ1) is 45.9. The molecule has 0 saturated carbocycles. The molecule has 23 nitrogen and oxygen atoms in total. The standard InChI is InChI=1S/C32H55BN10O13/c1-20(2)29(30(50)38-21(3)31(51)43-7-4-5-22(43)33(52)53)39-24(45)14-36-23(44)13-37-25(46)16-40-8-6-35-15-26(47)54-32-55-27(48)17-41(10-9-40)11-12-42(19-34)18-28(49)56-32/h20-22,29,32,35,52-53H,4-19,34H2,1-3H3,(H,36,44)(H,37,46)(H,38,50)(H,39,45)/t21-,22+,29+,32?/m1/s1. The molecule has 9 N–H and O–H groups in total. The lowest BCUT2D eigenvalue weighted by atomic mass is 9.78. The number of nitrogens with zero attached hydrogens (tertiary/aromatic N) is 4. The minimum absolute atomic E-state index is 0.00891. The summed E-state index contributed by atoms with van der Waals surface area (Å²) in [6, 6.07) is -2.06. The molecular weight excluding hydrogens is 743 g/mol. The van der Waals surface area contributed by atoms with E-state index < -0.39 is 98.1 Å². The van der Waals surface area contributed by atoms with E-state index in [0.29, 0.717) is 32.5 Å². The van der Waals surface area contributed by atoms with E-state index in [4.69, 9.17) is 19.9 Å². The number of amides is 5. The van der Waals surface area contributed by atoms with Crippen molar-refractivity contribution in [3.05, 3.63) is 0 Å². The quantitative estimate of drug-likeness (QED) is 0.0634. The molecule has 0 spiro atoms. The van der Waals surface area contributed by atoms with Crippen LogP contribution in [-0.2, 0) is 52.6 Å². The van der Waals surface area contributed by atoms with Crippen LogP contribution in [0.25, 0.3) is 0 Å². The molecule has 0 aromatic carbocycles. The monoisotopic (exact) mass is 798 g/mol. The van der Waals surface area contributed by atoms with Gasteiger partial charge in [-0.2, -0.15) is 0 Å². The van der Waals surface area contributed by atoms with Crippen molar-refractivity contribution in [1.29, 1.82) is 0 Å². The molecule has 5 atom stereocenters. The lowest BCUT2D eigenvalue weighted by Gasteiger charge is -2.29. The van der Waals surface area contributed by atoms with Gasteiger partial charge in [0.15, 0.2) is 0 Å². The summed E-state index contributed by atoms with van der Waals surface area (Å²) in [6.45, 7) is 3.02. The van der Waals surface area contributed by atoms with Crippen LogP contribution in [0.4, 0.5) is 0 Å². The highest BCUT2D eigenvalue weighted by Crippen LogP contribution is 2.19. The third-order valence-corrected chi connectivity index (χ3v) is 9.17. The van der Waals surface area contributed by atoms with Crippen LogP contribution in [0.5, 0.6) is 0 Å². The number of fused-ring (bicyclic) bond motifs is 4. The van der Waals surface area contributed by atoms with E-state index >= 15 is 0 Å². The Morgan fingerprint density at radius 2 is 1.45 bits per heavy atom. The zero-order chi connectivity index (χ0) is 41.4. The number of nitrogens with one attached hydrogen (secondary N) is 5. The number of carbonyl (C=O) groups excluding carboxylic acids is 8. The van der Waals surface area contributed by atoms with Gasteiger partial charge in [0.25, 0.3) is 0 Å². The molecule has 2 bridgehead atoms. The Labute approximate surface area is 324 Å². The summed E-state index contributed by atoms with van der Waals surface area (Å²) in [5.41, 5.74) is 5.78. The second-order valence-electron chi connectivity index (χ2n) is 14.0. The fourth-order valence-corrected chi connectivity index (χ4v) is 6.07. The SMILES string of the molecule is CC(C)[C@H](NC(=O)CNC(=O)CNC(=O)CN1CCNCC(=O)OC2OC(=O)CN(CN)CCN(CC1)CC(=O)O2)C(=O)N[C@H](C)C(=O)N1CCC[C@H]1B(O)O. The van der Waals surface area contributed by atoms with Crippen molar-refractivity contribution in [1.82, 2.24) is 46.2 Å². The topological polar surface area (TPSA) is 304 Å². The van der Waals surface area contributed by atoms with E-state index in [0.717, 1.165) is 0 Å². The molecule has 56 heavy (non-hydrogen) atoms. The predicted octanol–water partition coefficient (Wildman–Crippen LogP) is -6.78. The number of esters is 3. The predicted molar refractivity (Wildman–Crippen MR) is 194 cm³/mol. The van der Waals surface area contributed by atoms with Gasteiger partial charge in [-0.05, 0) is 25.7 Å². The Kier molecular flexibility index (Phi) is 18.8. The van der Waals surface area contributed by atoms with Gasteiger partial charge in [0.1, 0.15) is 12.1 Å². The molecule has 0 aliphatic carbocycles. The maximum Gasteiger partial charge on any atom is 0.475 e. The van der Waals surface area contributed by atoms with Crippen molar-refractivity contribution < 1.29 is 62.6 Å². The molecule has 3 saturated heterocycles. The van der Waals surface area contributed by atoms with Crippen molar-refractivity contribution in [3.63, 3.8) is 0 Å². The van der Waals surface area contributed by atoms with Crippen molar-refractivity contribution in [2.75, 3.05) is 91.8 Å². The maximum atomic E-state index is 13.0. The molecule has 3 heterocycles. The van der Waals surface area contributed by atoms with Crippen LogP contribution in [0.2, 0.25) is 0 Å². The van der Waals surface area contributed by atoms with Gasteiger partial charge in [0.05, 0.1) is 45.2 Å². The van der Waals surface area contributed by atoms with Crippen molar-refractivity contribution >= 4 is 54.6 Å². The zero-order valence-corrected chi connectivity index (χ0v) is 32.0. The normalized spacial score (nSPS) is 23.1. The Bertz CT molecular complexity index is 1410. The van der Waals surface area contributed by atoms with E-state index in [1.165, 1.54) is 11.8 Å². The first-order valence-electron chi connectivity index (χ1n) is 18.5. The Balaban J connectivity index is 1.49. The highest BCUT2D eigenvalue weighted by Gasteiger charge is 2.39. The largest absolute Gasteiger partial charge is 0.475 e. The van der Waals surface area contributed by atoms with Crippen LogP contribution in [0.1, 0.15) is 33.6 Å². The summed E-state index contributed by atoms with van der Waals surface area (Å²) in [5, 5.41) is 32.0. The molecule has 3 aliphatic rings. The summed E-state index contributed by atoms with van der Waals surface area (Å²) < 4.78 is 15.2. The number of carbonyl (C=O) groups is 8. The average Bonchev–Trinajstić information content (AvgIpc) is 3.63. The number of rotatable bonds is 13. The van der Waals surface area contributed by atoms with Gasteiger partial charge in [-0.25, -0.2) is 0 Å². The molecule has 2 unspecified atom stereocenters. The minimum Gasteiger partial charge on any atom is -0.426 e. The Hall–Kier alpha value is -4.46. The first-order chi connectivity index (χ1) is 26.6. The second kappa shape index (κ2) is 22.9. The van der Waals surface area contributed by atoms with Crippen LogP contribution in [0.3, 0.4) is 0 Å². The number of nitrogens with two attached hydrogens (primary N) is 1. The van der Waals surface area contributed by atoms with Gasteiger partial charge in [0, 0.05) is 52.5 Å². The Morgan fingerprint density at radius 1 is 0.821 bits per heavy atom. The van der Waals surface area contributed by atoms with Crippen LogP contribution in [-0.4, -0.2) is 200 Å². The fourth-order valence-electron chi connectivity index (χ4n) is 6.07. The summed E-state index contributed by atoms with van der Waals surface area (Å²) in [4.78, 5) is 108. The van der Waals surface area contributed by atoms with Gasteiger partial charge in [-0.15, -0.1) is 0 Å². The van der Waals surface area contributed by atoms with Crippen LogP contribution >= 0.6 is 0 Å². The third kappa shape index (κ3) is 15.6. The summed E-state index contributed by atoms with van der Waals surface area (Å²) >= 11 is 0. The third-order valence-electron chi connectivity index (χ3n) is 9.17. The smallest absolute Gasteiger partial charge is 0.426 e. The number of likely N-dealkylation sites (tertiary alicyclic amines) is 1. The van der Waals surface area contributed by atoms with E-state index in [2.05, 4.69) is 26.6 Å². The number of hydrogen-bond acceptors (Lipinski definition) is 18. The van der Waals surface area contributed by atoms with Crippen LogP contribution < -0.4 is 32.3 Å². The molecular formula is C32H55BN10O13. The van der Waals surface area contributed by atoms with Crippen molar-refractivity contribution in [2.45, 2.75) is 58.1 Å². The van der Waals surface area contributed by atoms with Gasteiger partial charge >= 0.3 is 31.5 Å². The number of ether oxygens (including phenoxy) is 3. The minimum atomic E-state index is -1.87. The van der Waals surface area contributed by atoms with Crippen molar-refractivity contribution in [2.24, 2.45) is 11.7 Å². The Morgan fingerprint density at radius 3 is 2.11 bits per heavy atom. The molecule has 3 aliphatic heterocycles. The highest BCUT2D eigenvalue weighted by atomic mass is 16.9. The molecule has 5 amide bonds. The van der Waals surface area contributed by atoms with E-state index in [9.17, 15) is 48.4 Å². The zero-order valence-electron chi connectivity index (χ0n) is 32.0. The molecule has 0 aromatic heterocycles. The highest BCUT2D eigenvalue weighted by molar-refractivity contribution is 6.43. The summed E-state index contributed by atoms with van der Waals surface area (Å²) in [7, 11) is -1.71. The molecule has 3 rings (SSSR count). The van der Waals surface area contributed by atoms with Crippen molar-refractivity contribution in [3.8, 4) is 0 Å². The lowest BCUT2D eigenvalue weighted by molar-refractivity contribution is -0.257. The van der Waals surface area contributed by atoms with Crippen LogP contribution in [0.15, 0.2) is 0 Å². The fraction of sp³-hybridized carbons (Fsp3) is 0.750. The first-order valence-corrected chi connectivity index (χ1v) is 18.5. The lowest BCUT2D eigenvalue weighted by Crippen LogP contribution is -2.57. The molecule has 0 radical (unpaired) electrons. The molecule has 314 valence electrons. The average molecular weight is 799 g/mol. The summed E-state index contributed by atoms with van der Waals surface area (Å²) in [5.74, 6) is -6.68.